The zero-order valence-corrected chi connectivity index (χ0v) is 11.6. The molecule has 2 rings (SSSR count). The van der Waals surface area contributed by atoms with E-state index >= 15 is 0 Å². The van der Waals surface area contributed by atoms with Gasteiger partial charge in [-0.15, -0.1) is 0 Å². The van der Waals surface area contributed by atoms with Crippen LogP contribution >= 0.6 is 0 Å². The maximum atomic E-state index is 5.46. The molecule has 1 aromatic heterocycles. The van der Waals surface area contributed by atoms with Crippen molar-refractivity contribution in [2.45, 2.75) is 13.0 Å². The maximum Gasteiger partial charge on any atom is 0.319 e. The number of ether oxygens (including phenoxy) is 2. The Bertz CT molecular complexity index is 505. The van der Waals surface area contributed by atoms with Crippen molar-refractivity contribution >= 4 is 0 Å². The Hall–Kier alpha value is -2.14. The summed E-state index contributed by atoms with van der Waals surface area (Å²) < 4.78 is 10.5. The molecule has 2 aromatic rings. The average molecular weight is 273 g/mol. The first-order valence-electron chi connectivity index (χ1n) is 6.63. The summed E-state index contributed by atoms with van der Waals surface area (Å²) in [6, 6.07) is 12.4. The molecule has 0 saturated heterocycles. The third-order valence-corrected chi connectivity index (χ3v) is 2.72. The van der Waals surface area contributed by atoms with Crippen LogP contribution in [0.25, 0.3) is 0 Å². The van der Waals surface area contributed by atoms with E-state index in [1.165, 1.54) is 5.56 Å². The predicted octanol–water partition coefficient (Wildman–Crippen LogP) is 2.04. The fraction of sp³-hybridized carbons (Fsp3) is 0.333. The molecule has 0 aliphatic rings. The second kappa shape index (κ2) is 8.12. The van der Waals surface area contributed by atoms with Crippen molar-refractivity contribution in [1.29, 1.82) is 0 Å². The van der Waals surface area contributed by atoms with Crippen LogP contribution in [0.1, 0.15) is 12.0 Å². The Morgan fingerprint density at radius 3 is 2.80 bits per heavy atom. The van der Waals surface area contributed by atoms with Gasteiger partial charge in [0.05, 0.1) is 13.7 Å². The van der Waals surface area contributed by atoms with Crippen LogP contribution in [-0.2, 0) is 6.54 Å². The molecule has 1 N–H and O–H groups in total. The highest BCUT2D eigenvalue weighted by atomic mass is 16.5. The second-order valence-corrected chi connectivity index (χ2v) is 4.25. The minimum absolute atomic E-state index is 0.354. The minimum atomic E-state index is 0.354. The lowest BCUT2D eigenvalue weighted by molar-refractivity contribution is 0.277. The predicted molar refractivity (Wildman–Crippen MR) is 76.8 cm³/mol. The Balaban J connectivity index is 1.59. The molecule has 0 radical (unpaired) electrons. The van der Waals surface area contributed by atoms with Gasteiger partial charge in [0.2, 0.25) is 5.88 Å². The molecule has 5 heteroatoms. The minimum Gasteiger partial charge on any atom is -0.481 e. The van der Waals surface area contributed by atoms with E-state index in [9.17, 15) is 0 Å². The number of aromatic nitrogens is 2. The van der Waals surface area contributed by atoms with Crippen molar-refractivity contribution in [2.24, 2.45) is 0 Å². The van der Waals surface area contributed by atoms with Crippen LogP contribution in [-0.4, -0.2) is 30.2 Å². The molecule has 0 aliphatic carbocycles. The molecule has 106 valence electrons. The van der Waals surface area contributed by atoms with Crippen LogP contribution < -0.4 is 14.8 Å². The molecule has 0 atom stereocenters. The van der Waals surface area contributed by atoms with Gasteiger partial charge in [0, 0.05) is 18.8 Å². The maximum absolute atomic E-state index is 5.46. The molecule has 5 nitrogen and oxygen atoms in total. The molecule has 0 bridgehead atoms. The van der Waals surface area contributed by atoms with Crippen molar-refractivity contribution < 1.29 is 9.47 Å². The number of nitrogens with one attached hydrogen (secondary N) is 1. The zero-order valence-electron chi connectivity index (χ0n) is 11.6. The molecule has 1 aromatic carbocycles. The number of hydrogen-bond acceptors (Lipinski definition) is 5. The largest absolute Gasteiger partial charge is 0.481 e. The first-order valence-corrected chi connectivity index (χ1v) is 6.63. The van der Waals surface area contributed by atoms with E-state index in [2.05, 4.69) is 27.4 Å². The number of rotatable bonds is 8. The number of methoxy groups -OCH3 is 1. The van der Waals surface area contributed by atoms with Gasteiger partial charge in [-0.2, -0.15) is 4.98 Å². The highest BCUT2D eigenvalue weighted by molar-refractivity contribution is 5.14. The molecular formula is C15H19N3O2. The summed E-state index contributed by atoms with van der Waals surface area (Å²) in [4.78, 5) is 8.10. The molecule has 0 fully saturated rings. The van der Waals surface area contributed by atoms with Gasteiger partial charge in [-0.05, 0) is 18.5 Å². The summed E-state index contributed by atoms with van der Waals surface area (Å²) in [7, 11) is 1.57. The smallest absolute Gasteiger partial charge is 0.319 e. The molecule has 0 unspecified atom stereocenters. The molecule has 20 heavy (non-hydrogen) atoms. The van der Waals surface area contributed by atoms with Gasteiger partial charge in [-0.3, -0.25) is 0 Å². The molecule has 0 spiro atoms. The first kappa shape index (κ1) is 14.3. The van der Waals surface area contributed by atoms with Gasteiger partial charge < -0.3 is 14.8 Å². The van der Waals surface area contributed by atoms with Crippen molar-refractivity contribution in [1.82, 2.24) is 15.3 Å². The van der Waals surface area contributed by atoms with Gasteiger partial charge in [-0.1, -0.05) is 30.3 Å². The third-order valence-electron chi connectivity index (χ3n) is 2.72. The third kappa shape index (κ3) is 4.85. The van der Waals surface area contributed by atoms with Crippen molar-refractivity contribution in [3.8, 4) is 11.9 Å². The van der Waals surface area contributed by atoms with E-state index in [1.54, 1.807) is 19.4 Å². The number of benzene rings is 1. The van der Waals surface area contributed by atoms with Gasteiger partial charge in [0.1, 0.15) is 0 Å². The van der Waals surface area contributed by atoms with E-state index < -0.39 is 0 Å². The number of nitrogens with zero attached hydrogens (tertiary/aromatic N) is 2. The monoisotopic (exact) mass is 273 g/mol. The summed E-state index contributed by atoms with van der Waals surface area (Å²) in [5.41, 5.74) is 1.28. The summed E-state index contributed by atoms with van der Waals surface area (Å²) in [6.07, 6.45) is 2.52. The molecule has 0 amide bonds. The number of hydrogen-bond donors (Lipinski definition) is 1. The molecule has 0 saturated carbocycles. The van der Waals surface area contributed by atoms with Crippen LogP contribution in [0.15, 0.2) is 42.6 Å². The van der Waals surface area contributed by atoms with E-state index in [1.807, 2.05) is 18.2 Å². The average Bonchev–Trinajstić information content (AvgIpc) is 2.52. The van der Waals surface area contributed by atoms with E-state index in [0.717, 1.165) is 19.5 Å². The van der Waals surface area contributed by atoms with Crippen molar-refractivity contribution in [3.05, 3.63) is 48.2 Å². The Morgan fingerprint density at radius 2 is 2.00 bits per heavy atom. The highest BCUT2D eigenvalue weighted by Crippen LogP contribution is 2.08. The van der Waals surface area contributed by atoms with Gasteiger partial charge in [-0.25, -0.2) is 4.98 Å². The normalized spacial score (nSPS) is 10.2. The summed E-state index contributed by atoms with van der Waals surface area (Å²) in [5, 5.41) is 3.36. The molecule has 1 heterocycles. The first-order chi connectivity index (χ1) is 9.88. The summed E-state index contributed by atoms with van der Waals surface area (Å²) in [6.45, 7) is 2.34. The Labute approximate surface area is 119 Å². The van der Waals surface area contributed by atoms with Crippen LogP contribution in [0, 0.1) is 0 Å². The topological polar surface area (TPSA) is 56.3 Å². The fourth-order valence-electron chi connectivity index (χ4n) is 1.70. The van der Waals surface area contributed by atoms with Crippen LogP contribution in [0.4, 0.5) is 0 Å². The van der Waals surface area contributed by atoms with Crippen LogP contribution in [0.2, 0.25) is 0 Å². The van der Waals surface area contributed by atoms with Crippen LogP contribution in [0.5, 0.6) is 11.9 Å². The van der Waals surface area contributed by atoms with Gasteiger partial charge >= 0.3 is 6.01 Å². The van der Waals surface area contributed by atoms with E-state index in [4.69, 9.17) is 9.47 Å². The highest BCUT2D eigenvalue weighted by Gasteiger charge is 1.99. The lowest BCUT2D eigenvalue weighted by Gasteiger charge is -2.06. The second-order valence-electron chi connectivity index (χ2n) is 4.25. The summed E-state index contributed by atoms with van der Waals surface area (Å²) >= 11 is 0. The Morgan fingerprint density at radius 1 is 1.15 bits per heavy atom. The summed E-state index contributed by atoms with van der Waals surface area (Å²) in [5.74, 6) is 0.511. The SMILES string of the molecule is COc1ccnc(OCCCNCc2ccccc2)n1. The standard InChI is InChI=1S/C15H19N3O2/c1-19-14-8-10-17-15(18-14)20-11-5-9-16-12-13-6-3-2-4-7-13/h2-4,6-8,10,16H,5,9,11-12H2,1H3. The van der Waals surface area contributed by atoms with Crippen molar-refractivity contribution in [2.75, 3.05) is 20.3 Å². The quantitative estimate of drug-likeness (QED) is 0.746. The lowest BCUT2D eigenvalue weighted by atomic mass is 10.2. The molecule has 0 aliphatic heterocycles. The Kier molecular flexibility index (Phi) is 5.79. The fourth-order valence-corrected chi connectivity index (χ4v) is 1.70. The molecular weight excluding hydrogens is 254 g/mol. The van der Waals surface area contributed by atoms with E-state index in [0.29, 0.717) is 18.5 Å². The lowest BCUT2D eigenvalue weighted by Crippen LogP contribution is -2.17. The van der Waals surface area contributed by atoms with Crippen LogP contribution in [0.3, 0.4) is 0 Å². The van der Waals surface area contributed by atoms with Gasteiger partial charge in [0.15, 0.2) is 0 Å². The van der Waals surface area contributed by atoms with Crippen molar-refractivity contribution in [3.63, 3.8) is 0 Å². The van der Waals surface area contributed by atoms with E-state index in [-0.39, 0.29) is 0 Å². The zero-order chi connectivity index (χ0) is 14.0. The van der Waals surface area contributed by atoms with Gasteiger partial charge in [0.25, 0.3) is 0 Å².